The Kier molecular flexibility index (Phi) is 4.52. The summed E-state index contributed by atoms with van der Waals surface area (Å²) in [6.07, 6.45) is 1.82. The van der Waals surface area contributed by atoms with Crippen molar-refractivity contribution < 1.29 is 18.4 Å². The predicted molar refractivity (Wildman–Crippen MR) is 75.2 cm³/mol. The molecular formula is C14H14BrF2NO2. The maximum atomic E-state index is 13.3. The number of rotatable bonds is 5. The van der Waals surface area contributed by atoms with Crippen LogP contribution in [0.25, 0.3) is 0 Å². The van der Waals surface area contributed by atoms with E-state index < -0.39 is 23.3 Å². The zero-order valence-electron chi connectivity index (χ0n) is 11.0. The second kappa shape index (κ2) is 5.99. The minimum Gasteiger partial charge on any atom is -0.304 e. The van der Waals surface area contributed by atoms with Crippen LogP contribution in [0.15, 0.2) is 12.1 Å². The second-order valence-corrected chi connectivity index (χ2v) is 5.48. The molecule has 0 bridgehead atoms. The van der Waals surface area contributed by atoms with Gasteiger partial charge >= 0.3 is 0 Å². The van der Waals surface area contributed by atoms with Crippen molar-refractivity contribution in [2.45, 2.75) is 19.8 Å². The summed E-state index contributed by atoms with van der Waals surface area (Å²) in [6, 6.07) is 1.72. The van der Waals surface area contributed by atoms with E-state index in [1.807, 2.05) is 6.92 Å². The molecule has 1 amide bonds. The summed E-state index contributed by atoms with van der Waals surface area (Å²) >= 11 is 3.37. The summed E-state index contributed by atoms with van der Waals surface area (Å²) in [5.41, 5.74) is 0.111. The average molecular weight is 346 g/mol. The van der Waals surface area contributed by atoms with Crippen molar-refractivity contribution in [2.24, 2.45) is 5.92 Å². The molecule has 0 N–H and O–H groups in total. The van der Waals surface area contributed by atoms with E-state index in [1.165, 1.54) is 4.90 Å². The fourth-order valence-corrected chi connectivity index (χ4v) is 2.88. The highest BCUT2D eigenvalue weighted by Crippen LogP contribution is 2.32. The van der Waals surface area contributed by atoms with Gasteiger partial charge in [-0.25, -0.2) is 8.78 Å². The summed E-state index contributed by atoms with van der Waals surface area (Å²) in [5.74, 6) is -3.49. The van der Waals surface area contributed by atoms with E-state index in [2.05, 4.69) is 15.9 Å². The molecule has 1 aromatic carbocycles. The minimum absolute atomic E-state index is 0.0567. The van der Waals surface area contributed by atoms with Gasteiger partial charge in [-0.3, -0.25) is 9.59 Å². The second-order valence-electron chi connectivity index (χ2n) is 4.84. The Morgan fingerprint density at radius 2 is 1.90 bits per heavy atom. The predicted octanol–water partition coefficient (Wildman–Crippen LogP) is 3.31. The van der Waals surface area contributed by atoms with Gasteiger partial charge in [0.15, 0.2) is 11.6 Å². The third kappa shape index (κ3) is 2.61. The van der Waals surface area contributed by atoms with Crippen molar-refractivity contribution in [3.63, 3.8) is 0 Å². The van der Waals surface area contributed by atoms with Gasteiger partial charge in [0.1, 0.15) is 0 Å². The van der Waals surface area contributed by atoms with Gasteiger partial charge in [-0.15, -0.1) is 0 Å². The third-order valence-corrected chi connectivity index (χ3v) is 4.29. The Bertz CT molecular complexity index is 562. The summed E-state index contributed by atoms with van der Waals surface area (Å²) in [5, 5.41) is 0.678. The largest absolute Gasteiger partial charge is 0.304 e. The van der Waals surface area contributed by atoms with Crippen LogP contribution < -0.4 is 4.90 Å². The van der Waals surface area contributed by atoms with Gasteiger partial charge in [-0.1, -0.05) is 29.3 Å². The van der Waals surface area contributed by atoms with E-state index in [0.29, 0.717) is 11.9 Å². The first-order valence-electron chi connectivity index (χ1n) is 6.40. The first-order chi connectivity index (χ1) is 9.49. The molecule has 1 aromatic rings. The number of Topliss-reactive ketones (excluding diaryl/α,β-unsaturated/α-hetero) is 1. The van der Waals surface area contributed by atoms with E-state index in [-0.39, 0.29) is 17.2 Å². The summed E-state index contributed by atoms with van der Waals surface area (Å²) in [6.45, 7) is 2.34. The van der Waals surface area contributed by atoms with Crippen molar-refractivity contribution in [3.8, 4) is 0 Å². The molecule has 108 valence electrons. The van der Waals surface area contributed by atoms with Crippen molar-refractivity contribution >= 4 is 33.3 Å². The normalized spacial score (nSPS) is 15.7. The van der Waals surface area contributed by atoms with Crippen molar-refractivity contribution in [2.75, 3.05) is 16.8 Å². The van der Waals surface area contributed by atoms with E-state index in [4.69, 9.17) is 0 Å². The molecule has 0 saturated heterocycles. The molecule has 0 fully saturated rings. The van der Waals surface area contributed by atoms with Gasteiger partial charge in [0.05, 0.1) is 11.3 Å². The quantitative estimate of drug-likeness (QED) is 0.606. The lowest BCUT2D eigenvalue weighted by Crippen LogP contribution is -2.35. The topological polar surface area (TPSA) is 37.4 Å². The number of ketones is 1. The number of carbonyl (C=O) groups is 2. The highest BCUT2D eigenvalue weighted by Gasteiger charge is 2.37. The molecular weight excluding hydrogens is 332 g/mol. The number of fused-ring (bicyclic) bond motifs is 1. The molecule has 0 radical (unpaired) electrons. The number of amides is 1. The Morgan fingerprint density at radius 1 is 1.25 bits per heavy atom. The van der Waals surface area contributed by atoms with Crippen LogP contribution in [0, 0.1) is 17.6 Å². The number of benzene rings is 1. The molecule has 0 saturated carbocycles. The van der Waals surface area contributed by atoms with Gasteiger partial charge in [0.2, 0.25) is 0 Å². The minimum atomic E-state index is -1.11. The molecule has 20 heavy (non-hydrogen) atoms. The maximum absolute atomic E-state index is 13.3. The van der Waals surface area contributed by atoms with E-state index >= 15 is 0 Å². The van der Waals surface area contributed by atoms with Crippen LogP contribution in [0.4, 0.5) is 14.5 Å². The number of hydrogen-bond acceptors (Lipinski definition) is 2. The summed E-state index contributed by atoms with van der Waals surface area (Å²) in [7, 11) is 0. The lowest BCUT2D eigenvalue weighted by atomic mass is 10.1. The highest BCUT2D eigenvalue weighted by molar-refractivity contribution is 9.09. The van der Waals surface area contributed by atoms with E-state index in [1.54, 1.807) is 0 Å². The average Bonchev–Trinajstić information content (AvgIpc) is 2.64. The van der Waals surface area contributed by atoms with Crippen LogP contribution in [0.3, 0.4) is 0 Å². The van der Waals surface area contributed by atoms with Gasteiger partial charge < -0.3 is 4.90 Å². The van der Waals surface area contributed by atoms with Crippen LogP contribution in [0.2, 0.25) is 0 Å². The van der Waals surface area contributed by atoms with Crippen LogP contribution in [-0.4, -0.2) is 23.6 Å². The fraction of sp³-hybridized carbons (Fsp3) is 0.429. The zero-order chi connectivity index (χ0) is 14.9. The maximum Gasteiger partial charge on any atom is 0.299 e. The fourth-order valence-electron chi connectivity index (χ4n) is 2.35. The summed E-state index contributed by atoms with van der Waals surface area (Å²) < 4.78 is 26.5. The SMILES string of the molecule is CCCC(CBr)CN1C(=O)C(=O)c2cc(F)c(F)cc21. The van der Waals surface area contributed by atoms with Crippen molar-refractivity contribution in [1.29, 1.82) is 0 Å². The third-order valence-electron chi connectivity index (χ3n) is 3.37. The number of anilines is 1. The van der Waals surface area contributed by atoms with Crippen LogP contribution in [0.1, 0.15) is 30.1 Å². The number of halogens is 3. The molecule has 1 atom stereocenters. The Labute approximate surface area is 124 Å². The molecule has 0 spiro atoms. The lowest BCUT2D eigenvalue weighted by Gasteiger charge is -2.22. The van der Waals surface area contributed by atoms with E-state index in [0.717, 1.165) is 25.0 Å². The zero-order valence-corrected chi connectivity index (χ0v) is 12.5. The monoisotopic (exact) mass is 345 g/mol. The van der Waals surface area contributed by atoms with Gasteiger partial charge in [0, 0.05) is 17.9 Å². The Morgan fingerprint density at radius 3 is 2.50 bits per heavy atom. The molecule has 1 aliphatic rings. The van der Waals surface area contributed by atoms with E-state index in [9.17, 15) is 18.4 Å². The van der Waals surface area contributed by atoms with Gasteiger partial charge in [-0.05, 0) is 18.4 Å². The molecule has 2 rings (SSSR count). The molecule has 0 aromatic heterocycles. The number of nitrogens with zero attached hydrogens (tertiary/aromatic N) is 1. The van der Waals surface area contributed by atoms with Crippen LogP contribution in [-0.2, 0) is 4.79 Å². The Balaban J connectivity index is 2.35. The first kappa shape index (κ1) is 15.1. The molecule has 3 nitrogen and oxygen atoms in total. The smallest absolute Gasteiger partial charge is 0.299 e. The molecule has 6 heteroatoms. The number of carbonyl (C=O) groups excluding carboxylic acids is 2. The van der Waals surface area contributed by atoms with Crippen LogP contribution in [0.5, 0.6) is 0 Å². The van der Waals surface area contributed by atoms with Gasteiger partial charge in [-0.2, -0.15) is 0 Å². The van der Waals surface area contributed by atoms with Crippen molar-refractivity contribution in [1.82, 2.24) is 0 Å². The number of alkyl halides is 1. The van der Waals surface area contributed by atoms with Crippen molar-refractivity contribution in [3.05, 3.63) is 29.3 Å². The standard InChI is InChI=1S/C14H14BrF2NO2/c1-2-3-8(6-15)7-18-12-5-11(17)10(16)4-9(12)13(19)14(18)20/h4-5,8H,2-3,6-7H2,1H3. The molecule has 1 heterocycles. The lowest BCUT2D eigenvalue weighted by molar-refractivity contribution is -0.114. The number of hydrogen-bond donors (Lipinski definition) is 0. The van der Waals surface area contributed by atoms with Crippen LogP contribution >= 0.6 is 15.9 Å². The first-order valence-corrected chi connectivity index (χ1v) is 7.52. The Hall–Kier alpha value is -1.30. The molecule has 1 aliphatic heterocycles. The highest BCUT2D eigenvalue weighted by atomic mass is 79.9. The molecule has 0 aliphatic carbocycles. The molecule has 1 unspecified atom stereocenters. The summed E-state index contributed by atoms with van der Waals surface area (Å²) in [4.78, 5) is 25.0. The van der Waals surface area contributed by atoms with Gasteiger partial charge in [0.25, 0.3) is 11.7 Å².